The number of rotatable bonds is 3. The number of nitriles is 1. The largest absolute Gasteiger partial charge is 0.361 e. The van der Waals surface area contributed by atoms with Gasteiger partial charge >= 0.3 is 0 Å². The van der Waals surface area contributed by atoms with Crippen molar-refractivity contribution in [1.82, 2.24) is 19.7 Å². The van der Waals surface area contributed by atoms with E-state index in [0.717, 1.165) is 46.6 Å². The van der Waals surface area contributed by atoms with Crippen LogP contribution >= 0.6 is 11.6 Å². The summed E-state index contributed by atoms with van der Waals surface area (Å²) in [6.45, 7) is 4.30. The van der Waals surface area contributed by atoms with Crippen molar-refractivity contribution in [3.63, 3.8) is 0 Å². The maximum absolute atomic E-state index is 9.38. The van der Waals surface area contributed by atoms with Crippen molar-refractivity contribution in [1.29, 1.82) is 5.26 Å². The van der Waals surface area contributed by atoms with E-state index in [0.29, 0.717) is 17.3 Å². The molecule has 0 radical (unpaired) electrons. The molecule has 0 amide bonds. The van der Waals surface area contributed by atoms with Crippen molar-refractivity contribution in [3.8, 4) is 6.07 Å². The normalized spacial score (nSPS) is 12.9. The summed E-state index contributed by atoms with van der Waals surface area (Å²) in [5.41, 5.74) is 7.00. The molecular weight excluding hydrogens is 384 g/mol. The lowest BCUT2D eigenvalue weighted by atomic mass is 10.1. The Bertz CT molecular complexity index is 1270. The Kier molecular flexibility index (Phi) is 4.18. The van der Waals surface area contributed by atoms with Gasteiger partial charge in [-0.2, -0.15) is 10.4 Å². The second-order valence-corrected chi connectivity index (χ2v) is 7.54. The first-order valence-corrected chi connectivity index (χ1v) is 9.70. The molecule has 29 heavy (non-hydrogen) atoms. The van der Waals surface area contributed by atoms with E-state index in [1.807, 2.05) is 35.0 Å². The molecule has 1 aliphatic heterocycles. The van der Waals surface area contributed by atoms with Gasteiger partial charge in [-0.25, -0.2) is 4.98 Å². The molecule has 0 N–H and O–H groups in total. The topological polar surface area (TPSA) is 70.6 Å². The minimum Gasteiger partial charge on any atom is -0.361 e. The van der Waals surface area contributed by atoms with Crippen LogP contribution in [-0.2, 0) is 19.6 Å². The van der Waals surface area contributed by atoms with Crippen LogP contribution in [0.1, 0.15) is 28.1 Å². The number of aromatic nitrogens is 4. The van der Waals surface area contributed by atoms with Gasteiger partial charge < -0.3 is 4.90 Å². The van der Waals surface area contributed by atoms with Crippen LogP contribution in [0.15, 0.2) is 48.8 Å². The van der Waals surface area contributed by atoms with Crippen molar-refractivity contribution < 1.29 is 0 Å². The summed E-state index contributed by atoms with van der Waals surface area (Å²) in [4.78, 5) is 10.9. The number of benzene rings is 1. The van der Waals surface area contributed by atoms with Gasteiger partial charge in [-0.3, -0.25) is 9.67 Å². The van der Waals surface area contributed by atoms with E-state index >= 15 is 0 Å². The summed E-state index contributed by atoms with van der Waals surface area (Å²) in [5.74, 6) is 0. The lowest BCUT2D eigenvalue weighted by Crippen LogP contribution is -2.17. The van der Waals surface area contributed by atoms with Crippen LogP contribution in [0.5, 0.6) is 0 Å². The van der Waals surface area contributed by atoms with Gasteiger partial charge in [0.05, 0.1) is 29.9 Å². The minimum absolute atomic E-state index is 0.494. The number of anilines is 1. The van der Waals surface area contributed by atoms with Crippen LogP contribution in [0.3, 0.4) is 0 Å². The smallest absolute Gasteiger partial charge is 0.129 e. The molecule has 0 spiro atoms. The predicted molar refractivity (Wildman–Crippen MR) is 112 cm³/mol. The highest BCUT2D eigenvalue weighted by molar-refractivity contribution is 6.29. The predicted octanol–water partition coefficient (Wildman–Crippen LogP) is 4.23. The zero-order valence-corrected chi connectivity index (χ0v) is 16.6. The molecule has 7 heteroatoms. The van der Waals surface area contributed by atoms with E-state index < -0.39 is 0 Å². The first kappa shape index (κ1) is 17.7. The molecule has 0 unspecified atom stereocenters. The molecule has 1 aliphatic rings. The van der Waals surface area contributed by atoms with Gasteiger partial charge in [0.1, 0.15) is 11.2 Å². The molecule has 0 atom stereocenters. The summed E-state index contributed by atoms with van der Waals surface area (Å²) in [6.07, 6.45) is 3.52. The molecule has 1 aromatic carbocycles. The molecule has 0 saturated heterocycles. The third-order valence-electron chi connectivity index (χ3n) is 5.43. The number of hydrogen-bond donors (Lipinski definition) is 0. The van der Waals surface area contributed by atoms with Crippen LogP contribution in [-0.4, -0.2) is 19.7 Å². The van der Waals surface area contributed by atoms with Crippen molar-refractivity contribution >= 4 is 28.2 Å². The lowest BCUT2D eigenvalue weighted by molar-refractivity contribution is 0.641. The van der Waals surface area contributed by atoms with Gasteiger partial charge in [0.2, 0.25) is 0 Å². The Labute approximate surface area is 173 Å². The summed E-state index contributed by atoms with van der Waals surface area (Å²) < 4.78 is 2.03. The highest BCUT2D eigenvalue weighted by Gasteiger charge is 2.27. The highest BCUT2D eigenvalue weighted by atomic mass is 35.5. The van der Waals surface area contributed by atoms with Gasteiger partial charge in [-0.05, 0) is 42.8 Å². The maximum Gasteiger partial charge on any atom is 0.129 e. The van der Waals surface area contributed by atoms with E-state index in [4.69, 9.17) is 16.7 Å². The summed E-state index contributed by atoms with van der Waals surface area (Å²) in [6, 6.07) is 13.8. The van der Waals surface area contributed by atoms with E-state index in [9.17, 15) is 5.26 Å². The fourth-order valence-electron chi connectivity index (χ4n) is 3.93. The average Bonchev–Trinajstić information content (AvgIpc) is 3.28. The molecule has 0 fully saturated rings. The SMILES string of the molecule is Cc1c2c(nn1Cc1ccc(Cl)nc1)CN(c1ccc(C#N)c3ncccc13)C2. The quantitative estimate of drug-likeness (QED) is 0.481. The van der Waals surface area contributed by atoms with Crippen molar-refractivity contribution in [2.45, 2.75) is 26.6 Å². The van der Waals surface area contributed by atoms with Crippen molar-refractivity contribution in [3.05, 3.63) is 82.0 Å². The molecule has 5 rings (SSSR count). The Morgan fingerprint density at radius 1 is 1.14 bits per heavy atom. The van der Waals surface area contributed by atoms with Crippen LogP contribution < -0.4 is 4.90 Å². The minimum atomic E-state index is 0.494. The Hall–Kier alpha value is -3.43. The Morgan fingerprint density at radius 2 is 2.03 bits per heavy atom. The zero-order valence-electron chi connectivity index (χ0n) is 15.8. The van der Waals surface area contributed by atoms with E-state index in [1.54, 1.807) is 18.5 Å². The number of halogens is 1. The summed E-state index contributed by atoms with van der Waals surface area (Å²) >= 11 is 5.88. The molecular formula is C22H17ClN6. The van der Waals surface area contributed by atoms with Gasteiger partial charge in [0.15, 0.2) is 0 Å². The Balaban J connectivity index is 1.45. The molecule has 4 aromatic rings. The van der Waals surface area contributed by atoms with Crippen LogP contribution in [0, 0.1) is 18.3 Å². The fraction of sp³-hybridized carbons (Fsp3) is 0.182. The standard InChI is InChI=1S/C22H17ClN6/c1-14-18-12-28(20-6-5-16(9-24)22-17(20)3-2-8-25-22)13-19(18)27-29(14)11-15-4-7-21(23)26-10-15/h2-8,10H,11-13H2,1H3. The summed E-state index contributed by atoms with van der Waals surface area (Å²) in [5, 5.41) is 15.7. The fourth-order valence-corrected chi connectivity index (χ4v) is 4.04. The maximum atomic E-state index is 9.38. The third-order valence-corrected chi connectivity index (χ3v) is 5.66. The van der Waals surface area contributed by atoms with Crippen LogP contribution in [0.25, 0.3) is 10.9 Å². The number of pyridine rings is 2. The molecule has 0 aliphatic carbocycles. The first-order valence-electron chi connectivity index (χ1n) is 9.32. The van der Waals surface area contributed by atoms with Crippen molar-refractivity contribution in [2.75, 3.05) is 4.90 Å². The first-order chi connectivity index (χ1) is 14.1. The van der Waals surface area contributed by atoms with Crippen LogP contribution in [0.4, 0.5) is 5.69 Å². The molecule has 4 heterocycles. The number of fused-ring (bicyclic) bond motifs is 2. The lowest BCUT2D eigenvalue weighted by Gasteiger charge is -2.21. The Morgan fingerprint density at radius 3 is 2.79 bits per heavy atom. The second-order valence-electron chi connectivity index (χ2n) is 7.16. The molecule has 3 aromatic heterocycles. The van der Waals surface area contributed by atoms with Crippen LogP contribution in [0.2, 0.25) is 5.15 Å². The van der Waals surface area contributed by atoms with E-state index in [1.165, 1.54) is 5.56 Å². The number of hydrogen-bond acceptors (Lipinski definition) is 5. The second kappa shape index (κ2) is 6.87. The van der Waals surface area contributed by atoms with E-state index in [-0.39, 0.29) is 0 Å². The molecule has 142 valence electrons. The molecule has 0 bridgehead atoms. The number of nitrogens with zero attached hydrogens (tertiary/aromatic N) is 6. The highest BCUT2D eigenvalue weighted by Crippen LogP contribution is 2.35. The van der Waals surface area contributed by atoms with E-state index in [2.05, 4.69) is 27.9 Å². The molecule has 0 saturated carbocycles. The zero-order chi connectivity index (χ0) is 20.0. The van der Waals surface area contributed by atoms with Gasteiger partial charge in [-0.1, -0.05) is 17.7 Å². The van der Waals surface area contributed by atoms with Gasteiger partial charge in [-0.15, -0.1) is 0 Å². The van der Waals surface area contributed by atoms with Crippen molar-refractivity contribution in [2.24, 2.45) is 0 Å². The van der Waals surface area contributed by atoms with Gasteiger partial charge in [0.25, 0.3) is 0 Å². The van der Waals surface area contributed by atoms with Gasteiger partial charge in [0, 0.05) is 41.3 Å². The molecule has 6 nitrogen and oxygen atoms in total. The average molecular weight is 401 g/mol. The monoisotopic (exact) mass is 400 g/mol. The summed E-state index contributed by atoms with van der Waals surface area (Å²) in [7, 11) is 0. The third kappa shape index (κ3) is 3.00.